The molecule has 0 bridgehead atoms. The van der Waals surface area contributed by atoms with Crippen molar-refractivity contribution in [3.05, 3.63) is 107 Å². The van der Waals surface area contributed by atoms with Crippen molar-refractivity contribution in [3.8, 4) is 0 Å². The van der Waals surface area contributed by atoms with Gasteiger partial charge < -0.3 is 0 Å². The summed E-state index contributed by atoms with van der Waals surface area (Å²) in [6.45, 7) is 23.9. The van der Waals surface area contributed by atoms with Gasteiger partial charge in [-0.3, -0.25) is 9.59 Å². The van der Waals surface area contributed by atoms with Crippen molar-refractivity contribution in [2.45, 2.75) is 119 Å². The van der Waals surface area contributed by atoms with E-state index >= 15 is 0 Å². The minimum atomic E-state index is 0.208. The van der Waals surface area contributed by atoms with E-state index in [4.69, 9.17) is 0 Å². The summed E-state index contributed by atoms with van der Waals surface area (Å²) in [6, 6.07) is 14.8. The lowest BCUT2D eigenvalue weighted by Crippen LogP contribution is -2.08. The fraction of sp³-hybridized carbons (Fsp3) is 0.475. The van der Waals surface area contributed by atoms with Crippen LogP contribution in [0.4, 0.5) is 0 Å². The second kappa shape index (κ2) is 23.4. The molecule has 0 heterocycles. The van der Waals surface area contributed by atoms with Gasteiger partial charge in [0.25, 0.3) is 0 Å². The van der Waals surface area contributed by atoms with E-state index in [1.807, 2.05) is 52.0 Å². The summed E-state index contributed by atoms with van der Waals surface area (Å²) >= 11 is 0. The van der Waals surface area contributed by atoms with Gasteiger partial charge in [-0.15, -0.1) is 5.73 Å². The number of benzene rings is 2. The highest BCUT2D eigenvalue weighted by Gasteiger charge is 2.13. The van der Waals surface area contributed by atoms with E-state index in [1.165, 1.54) is 16.7 Å². The first-order valence-corrected chi connectivity index (χ1v) is 16.0. The fourth-order valence-electron chi connectivity index (χ4n) is 4.49. The topological polar surface area (TPSA) is 34.1 Å². The average molecular weight is 571 g/mol. The fourth-order valence-corrected chi connectivity index (χ4v) is 4.49. The van der Waals surface area contributed by atoms with Crippen molar-refractivity contribution in [1.29, 1.82) is 0 Å². The van der Waals surface area contributed by atoms with Gasteiger partial charge in [-0.1, -0.05) is 109 Å². The molecule has 0 spiro atoms. The Balaban J connectivity index is 0.000000623. The second-order valence-electron chi connectivity index (χ2n) is 10.9. The first-order valence-electron chi connectivity index (χ1n) is 16.0. The van der Waals surface area contributed by atoms with Gasteiger partial charge >= 0.3 is 0 Å². The molecule has 0 unspecified atom stereocenters. The number of rotatable bonds is 10. The van der Waals surface area contributed by atoms with E-state index in [0.717, 1.165) is 68.1 Å². The van der Waals surface area contributed by atoms with E-state index in [1.54, 1.807) is 6.92 Å². The van der Waals surface area contributed by atoms with Crippen LogP contribution in [0, 0.1) is 5.92 Å². The molecule has 0 N–H and O–H groups in total. The Bertz CT molecular complexity index is 1130. The summed E-state index contributed by atoms with van der Waals surface area (Å²) in [5.41, 5.74) is 9.98. The number of carbonyl (C=O) groups excluding carboxylic acids is 2. The second-order valence-corrected chi connectivity index (χ2v) is 10.9. The minimum absolute atomic E-state index is 0.208. The Morgan fingerprint density at radius 2 is 1.55 bits per heavy atom. The molecule has 0 saturated heterocycles. The van der Waals surface area contributed by atoms with Crippen molar-refractivity contribution < 1.29 is 9.59 Å². The zero-order valence-electron chi connectivity index (χ0n) is 28.0. The van der Waals surface area contributed by atoms with Gasteiger partial charge in [0.1, 0.15) is 5.78 Å². The van der Waals surface area contributed by atoms with Gasteiger partial charge in [-0.2, -0.15) is 0 Å². The highest BCUT2D eigenvalue weighted by atomic mass is 16.1. The van der Waals surface area contributed by atoms with Gasteiger partial charge in [0.05, 0.1) is 0 Å². The summed E-state index contributed by atoms with van der Waals surface area (Å²) in [7, 11) is 0. The Labute approximate surface area is 258 Å². The first-order chi connectivity index (χ1) is 20.2. The van der Waals surface area contributed by atoms with Crippen molar-refractivity contribution >= 4 is 17.6 Å². The van der Waals surface area contributed by atoms with Gasteiger partial charge in [0, 0.05) is 17.9 Å². The van der Waals surface area contributed by atoms with E-state index in [9.17, 15) is 9.59 Å². The van der Waals surface area contributed by atoms with Crippen LogP contribution in [0.1, 0.15) is 139 Å². The zero-order chi connectivity index (χ0) is 31.9. The van der Waals surface area contributed by atoms with Crippen LogP contribution in [0.5, 0.6) is 0 Å². The van der Waals surface area contributed by atoms with Gasteiger partial charge in [0.2, 0.25) is 0 Å². The average Bonchev–Trinajstić information content (AvgIpc) is 3.31. The molecule has 2 aromatic carbocycles. The SMILES string of the molecule is C=C=C(C)CCc1ccc(C(=O)CCC)cc1C=C.CC.CC(=O)C1CCC=CCC1.CCc1ccc(C(C)C)cc1. The lowest BCUT2D eigenvalue weighted by Gasteiger charge is -2.08. The molecule has 1 aliphatic carbocycles. The molecule has 0 fully saturated rings. The van der Waals surface area contributed by atoms with Crippen molar-refractivity contribution in [2.24, 2.45) is 5.92 Å². The summed E-state index contributed by atoms with van der Waals surface area (Å²) in [6.07, 6.45) is 15.0. The lowest BCUT2D eigenvalue weighted by atomic mass is 9.96. The molecular weight excluding hydrogens is 512 g/mol. The number of hydrogen-bond acceptors (Lipinski definition) is 2. The number of aryl methyl sites for hydroxylation is 2. The molecule has 0 aromatic heterocycles. The monoisotopic (exact) mass is 570 g/mol. The summed E-state index contributed by atoms with van der Waals surface area (Å²) < 4.78 is 0. The van der Waals surface area contributed by atoms with Crippen LogP contribution >= 0.6 is 0 Å². The molecule has 0 atom stereocenters. The smallest absolute Gasteiger partial charge is 0.162 e. The highest BCUT2D eigenvalue weighted by Crippen LogP contribution is 2.20. The number of hydrogen-bond donors (Lipinski definition) is 0. The highest BCUT2D eigenvalue weighted by molar-refractivity contribution is 5.96. The maximum Gasteiger partial charge on any atom is 0.162 e. The summed E-state index contributed by atoms with van der Waals surface area (Å²) in [5, 5.41) is 0. The molecule has 0 aliphatic heterocycles. The lowest BCUT2D eigenvalue weighted by molar-refractivity contribution is -0.121. The van der Waals surface area contributed by atoms with Crippen LogP contribution in [0.15, 0.2) is 79.1 Å². The molecule has 3 rings (SSSR count). The predicted molar refractivity (Wildman–Crippen MR) is 185 cm³/mol. The molecule has 1 aliphatic rings. The molecule has 0 radical (unpaired) electrons. The third-order valence-corrected chi connectivity index (χ3v) is 7.40. The van der Waals surface area contributed by atoms with Gasteiger partial charge in [0.15, 0.2) is 5.78 Å². The quantitative estimate of drug-likeness (QED) is 0.162. The third-order valence-electron chi connectivity index (χ3n) is 7.40. The van der Waals surface area contributed by atoms with Crippen LogP contribution in [-0.2, 0) is 17.6 Å². The summed E-state index contributed by atoms with van der Waals surface area (Å²) in [4.78, 5) is 22.8. The molecule has 2 aromatic rings. The normalized spacial score (nSPS) is 12.2. The number of allylic oxidation sites excluding steroid dienone is 3. The van der Waals surface area contributed by atoms with Crippen molar-refractivity contribution in [1.82, 2.24) is 0 Å². The number of carbonyl (C=O) groups is 2. The van der Waals surface area contributed by atoms with Crippen LogP contribution in [-0.4, -0.2) is 11.6 Å². The van der Waals surface area contributed by atoms with Crippen molar-refractivity contribution in [2.75, 3.05) is 0 Å². The van der Waals surface area contributed by atoms with E-state index in [-0.39, 0.29) is 5.78 Å². The number of ketones is 2. The molecule has 0 saturated carbocycles. The predicted octanol–water partition coefficient (Wildman–Crippen LogP) is 11.7. The summed E-state index contributed by atoms with van der Waals surface area (Å²) in [5.74, 6) is 1.57. The van der Waals surface area contributed by atoms with Crippen LogP contribution in [0.2, 0.25) is 0 Å². The maximum absolute atomic E-state index is 11.9. The molecule has 2 nitrogen and oxygen atoms in total. The zero-order valence-corrected chi connectivity index (χ0v) is 28.0. The van der Waals surface area contributed by atoms with Crippen LogP contribution in [0.25, 0.3) is 6.08 Å². The maximum atomic E-state index is 11.9. The Morgan fingerprint density at radius 3 is 2.00 bits per heavy atom. The Morgan fingerprint density at radius 1 is 0.952 bits per heavy atom. The van der Waals surface area contributed by atoms with Gasteiger partial charge in [-0.25, -0.2) is 0 Å². The van der Waals surface area contributed by atoms with Crippen LogP contribution < -0.4 is 0 Å². The Kier molecular flexibility index (Phi) is 21.6. The standard InChI is InChI=1S/C18H22O.C11H16.C9H14O.C2H6/c1-5-8-18(19)17-12-11-16(15(7-3)13-17)10-9-14(4)6-2;1-4-10-5-7-11(8-6-10)9(2)3;1-8(10)9-6-4-2-3-5-7-9;1-2/h7,11-13H,2-3,5,8-10H2,1,4H3;5-9H,4H2,1-3H3;2-3,9H,4-7H2,1H3;1-2H3. The van der Waals surface area contributed by atoms with E-state index in [0.29, 0.717) is 24.0 Å². The molecular formula is C40H58O2. The van der Waals surface area contributed by atoms with E-state index in [2.05, 4.69) is 76.1 Å². The minimum Gasteiger partial charge on any atom is -0.300 e. The molecule has 0 amide bonds. The van der Waals surface area contributed by atoms with Crippen LogP contribution in [0.3, 0.4) is 0 Å². The first kappa shape index (κ1) is 38.8. The molecule has 42 heavy (non-hydrogen) atoms. The van der Waals surface area contributed by atoms with Crippen molar-refractivity contribution in [3.63, 3.8) is 0 Å². The third kappa shape index (κ3) is 15.7. The van der Waals surface area contributed by atoms with Gasteiger partial charge in [-0.05, 0) is 105 Å². The molecule has 2 heteroatoms. The van der Waals surface area contributed by atoms with E-state index < -0.39 is 0 Å². The number of Topliss-reactive ketones (excluding diaryl/α,β-unsaturated/α-hetero) is 2. The largest absolute Gasteiger partial charge is 0.300 e. The Hall–Kier alpha value is -3.22. The molecule has 230 valence electrons.